The number of halogens is 3. The molecule has 0 aliphatic rings. The van der Waals surface area contributed by atoms with E-state index in [0.29, 0.717) is 11.1 Å². The minimum Gasteiger partial charge on any atom is -0.508 e. The number of aromatic hydroxyl groups is 1. The highest BCUT2D eigenvalue weighted by atomic mass is 19.4. The number of carbonyl (C=O) groups is 1. The van der Waals surface area contributed by atoms with E-state index in [0.717, 1.165) is 12.1 Å². The largest absolute Gasteiger partial charge is 0.508 e. The molecule has 128 valence electrons. The molecule has 0 aliphatic heterocycles. The summed E-state index contributed by atoms with van der Waals surface area (Å²) in [5.41, 5.74) is 0.219. The number of alkyl halides is 3. The predicted molar refractivity (Wildman–Crippen MR) is 82.6 cm³/mol. The van der Waals surface area contributed by atoms with Gasteiger partial charge in [0.15, 0.2) is 0 Å². The molecule has 2 rings (SSSR count). The summed E-state index contributed by atoms with van der Waals surface area (Å²) in [5.74, 6) is -1.04. The van der Waals surface area contributed by atoms with Crippen LogP contribution in [0, 0.1) is 0 Å². The zero-order valence-electron chi connectivity index (χ0n) is 13.0. The van der Waals surface area contributed by atoms with Crippen LogP contribution in [0.2, 0.25) is 0 Å². The second-order valence-corrected chi connectivity index (χ2v) is 5.28. The van der Waals surface area contributed by atoms with Crippen LogP contribution < -0.4 is 0 Å². The first-order valence-corrected chi connectivity index (χ1v) is 7.43. The molecule has 1 atom stereocenters. The Balaban J connectivity index is 2.42. The van der Waals surface area contributed by atoms with Crippen LogP contribution in [0.15, 0.2) is 48.5 Å². The molecule has 0 saturated carbocycles. The van der Waals surface area contributed by atoms with Crippen molar-refractivity contribution in [1.29, 1.82) is 0 Å². The van der Waals surface area contributed by atoms with Crippen molar-refractivity contribution in [2.75, 3.05) is 6.61 Å². The van der Waals surface area contributed by atoms with Crippen molar-refractivity contribution in [2.45, 2.75) is 25.4 Å². The maximum atomic E-state index is 12.9. The van der Waals surface area contributed by atoms with Gasteiger partial charge in [0.25, 0.3) is 0 Å². The van der Waals surface area contributed by atoms with Gasteiger partial charge < -0.3 is 9.84 Å². The molecule has 2 aromatic rings. The van der Waals surface area contributed by atoms with Crippen molar-refractivity contribution < 1.29 is 27.8 Å². The third kappa shape index (κ3) is 4.50. The molecule has 0 fully saturated rings. The molecule has 6 heteroatoms. The van der Waals surface area contributed by atoms with E-state index in [2.05, 4.69) is 0 Å². The van der Waals surface area contributed by atoms with Crippen LogP contribution >= 0.6 is 0 Å². The van der Waals surface area contributed by atoms with Gasteiger partial charge in [-0.25, -0.2) is 0 Å². The molecule has 0 spiro atoms. The Morgan fingerprint density at radius 2 is 1.79 bits per heavy atom. The molecule has 0 amide bonds. The zero-order chi connectivity index (χ0) is 17.7. The first-order chi connectivity index (χ1) is 11.3. The monoisotopic (exact) mass is 338 g/mol. The van der Waals surface area contributed by atoms with Crippen molar-refractivity contribution in [2.24, 2.45) is 0 Å². The molecule has 2 aromatic carbocycles. The Bertz CT molecular complexity index is 693. The fourth-order valence-electron chi connectivity index (χ4n) is 2.45. The van der Waals surface area contributed by atoms with E-state index in [-0.39, 0.29) is 18.8 Å². The van der Waals surface area contributed by atoms with Crippen molar-refractivity contribution in [3.05, 3.63) is 65.2 Å². The van der Waals surface area contributed by atoms with Gasteiger partial charge in [-0.05, 0) is 36.2 Å². The van der Waals surface area contributed by atoms with Gasteiger partial charge in [-0.3, -0.25) is 4.79 Å². The number of carbonyl (C=O) groups excluding carboxylic acids is 1. The maximum absolute atomic E-state index is 12.9. The van der Waals surface area contributed by atoms with Crippen molar-refractivity contribution in [3.8, 4) is 5.75 Å². The fraction of sp³-hybridized carbons (Fsp3) is 0.278. The summed E-state index contributed by atoms with van der Waals surface area (Å²) < 4.78 is 43.8. The Morgan fingerprint density at radius 1 is 1.12 bits per heavy atom. The Morgan fingerprint density at radius 3 is 2.38 bits per heavy atom. The normalized spacial score (nSPS) is 12.7. The van der Waals surface area contributed by atoms with Gasteiger partial charge in [-0.2, -0.15) is 13.2 Å². The molecule has 0 bridgehead atoms. The lowest BCUT2D eigenvalue weighted by Gasteiger charge is -2.19. The van der Waals surface area contributed by atoms with Gasteiger partial charge in [0, 0.05) is 5.92 Å². The van der Waals surface area contributed by atoms with Crippen molar-refractivity contribution in [3.63, 3.8) is 0 Å². The lowest BCUT2D eigenvalue weighted by atomic mass is 9.87. The number of benzene rings is 2. The molecule has 1 unspecified atom stereocenters. The van der Waals surface area contributed by atoms with Crippen LogP contribution in [0.5, 0.6) is 5.75 Å². The molecule has 0 aliphatic carbocycles. The summed E-state index contributed by atoms with van der Waals surface area (Å²) >= 11 is 0. The number of phenolic OH excluding ortho intramolecular Hbond substituents is 1. The Kier molecular flexibility index (Phi) is 5.49. The molecule has 24 heavy (non-hydrogen) atoms. The second kappa shape index (κ2) is 7.38. The van der Waals surface area contributed by atoms with Crippen molar-refractivity contribution in [1.82, 2.24) is 0 Å². The van der Waals surface area contributed by atoms with E-state index in [9.17, 15) is 23.1 Å². The minimum absolute atomic E-state index is 0.0395. The highest BCUT2D eigenvalue weighted by Gasteiger charge is 2.31. The molecular weight excluding hydrogens is 321 g/mol. The zero-order valence-corrected chi connectivity index (χ0v) is 13.0. The summed E-state index contributed by atoms with van der Waals surface area (Å²) in [6.45, 7) is 1.86. The first-order valence-electron chi connectivity index (χ1n) is 7.43. The number of hydrogen-bond acceptors (Lipinski definition) is 3. The summed E-state index contributed by atoms with van der Waals surface area (Å²) in [6, 6.07) is 10.9. The SMILES string of the molecule is CCOC(=O)CC(c1ccc(O)cc1)c1cccc(C(F)(F)F)c1. The quantitative estimate of drug-likeness (QED) is 0.817. The van der Waals surface area contributed by atoms with E-state index in [1.807, 2.05) is 0 Å². The Hall–Kier alpha value is -2.50. The molecular formula is C18H17F3O3. The lowest BCUT2D eigenvalue weighted by Crippen LogP contribution is -2.13. The summed E-state index contributed by atoms with van der Waals surface area (Å²) in [5, 5.41) is 9.39. The average molecular weight is 338 g/mol. The molecule has 1 N–H and O–H groups in total. The third-order valence-corrected chi connectivity index (χ3v) is 3.59. The van der Waals surface area contributed by atoms with Crippen LogP contribution in [0.1, 0.15) is 36.0 Å². The molecule has 0 saturated heterocycles. The number of ether oxygens (including phenoxy) is 1. The molecule has 0 heterocycles. The topological polar surface area (TPSA) is 46.5 Å². The van der Waals surface area contributed by atoms with E-state index in [1.54, 1.807) is 25.1 Å². The summed E-state index contributed by atoms with van der Waals surface area (Å²) in [6.07, 6.45) is -4.54. The minimum atomic E-state index is -4.46. The van der Waals surface area contributed by atoms with Gasteiger partial charge in [0.1, 0.15) is 5.75 Å². The highest BCUT2D eigenvalue weighted by Crippen LogP contribution is 2.34. The van der Waals surface area contributed by atoms with Gasteiger partial charge in [-0.1, -0.05) is 30.3 Å². The van der Waals surface area contributed by atoms with Crippen LogP contribution in [-0.4, -0.2) is 17.7 Å². The smallest absolute Gasteiger partial charge is 0.416 e. The second-order valence-electron chi connectivity index (χ2n) is 5.28. The molecule has 0 radical (unpaired) electrons. The number of rotatable bonds is 5. The lowest BCUT2D eigenvalue weighted by molar-refractivity contribution is -0.143. The summed E-state index contributed by atoms with van der Waals surface area (Å²) in [4.78, 5) is 11.9. The fourth-order valence-corrected chi connectivity index (χ4v) is 2.45. The van der Waals surface area contributed by atoms with E-state index < -0.39 is 23.6 Å². The Labute approximate surface area is 137 Å². The van der Waals surface area contributed by atoms with Crippen LogP contribution in [0.4, 0.5) is 13.2 Å². The maximum Gasteiger partial charge on any atom is 0.416 e. The molecule has 3 nitrogen and oxygen atoms in total. The number of esters is 1. The average Bonchev–Trinajstić information content (AvgIpc) is 2.53. The third-order valence-electron chi connectivity index (χ3n) is 3.59. The predicted octanol–water partition coefficient (Wildman–Crippen LogP) is 4.50. The highest BCUT2D eigenvalue weighted by molar-refractivity contribution is 5.71. The van der Waals surface area contributed by atoms with E-state index >= 15 is 0 Å². The van der Waals surface area contributed by atoms with Gasteiger partial charge >= 0.3 is 12.1 Å². The summed E-state index contributed by atoms with van der Waals surface area (Å²) in [7, 11) is 0. The van der Waals surface area contributed by atoms with Gasteiger partial charge in [0.05, 0.1) is 18.6 Å². The number of phenols is 1. The van der Waals surface area contributed by atoms with Gasteiger partial charge in [-0.15, -0.1) is 0 Å². The van der Waals surface area contributed by atoms with Gasteiger partial charge in [0.2, 0.25) is 0 Å². The van der Waals surface area contributed by atoms with Crippen molar-refractivity contribution >= 4 is 5.97 Å². The first kappa shape index (κ1) is 17.8. The number of hydrogen-bond donors (Lipinski definition) is 1. The van der Waals surface area contributed by atoms with Crippen LogP contribution in [0.25, 0.3) is 0 Å². The van der Waals surface area contributed by atoms with Crippen LogP contribution in [0.3, 0.4) is 0 Å². The standard InChI is InChI=1S/C18H17F3O3/c1-2-24-17(23)11-16(12-6-8-15(22)9-7-12)13-4-3-5-14(10-13)18(19,20)21/h3-10,16,22H,2,11H2,1H3. The van der Waals surface area contributed by atoms with Crippen LogP contribution in [-0.2, 0) is 15.7 Å². The molecule has 0 aromatic heterocycles. The van der Waals surface area contributed by atoms with E-state index in [1.165, 1.54) is 18.2 Å². The van der Waals surface area contributed by atoms with E-state index in [4.69, 9.17) is 4.74 Å².